The number of rotatable bonds is 7. The smallest absolute Gasteiger partial charge is 0.340 e. The quantitative estimate of drug-likeness (QED) is 0.743. The van der Waals surface area contributed by atoms with Crippen molar-refractivity contribution in [3.05, 3.63) is 45.4 Å². The van der Waals surface area contributed by atoms with Crippen LogP contribution < -0.4 is 5.32 Å². The third kappa shape index (κ3) is 4.95. The molecule has 8 heteroatoms. The number of hydrogen-bond donors (Lipinski definition) is 1. The number of esters is 1. The van der Waals surface area contributed by atoms with Crippen LogP contribution in [0.2, 0.25) is 0 Å². The van der Waals surface area contributed by atoms with Crippen LogP contribution >= 0.6 is 11.3 Å². The highest BCUT2D eigenvalue weighted by Crippen LogP contribution is 2.19. The maximum atomic E-state index is 12.3. The number of aromatic nitrogens is 1. The number of hydrogen-bond acceptors (Lipinski definition) is 5. The summed E-state index contributed by atoms with van der Waals surface area (Å²) in [6, 6.07) is 5.79. The Morgan fingerprint density at radius 2 is 2.00 bits per heavy atom. The molecule has 26 heavy (non-hydrogen) atoms. The van der Waals surface area contributed by atoms with Crippen molar-refractivity contribution in [3.8, 4) is 0 Å². The molecule has 0 spiro atoms. The third-order valence-corrected chi connectivity index (χ3v) is 4.82. The number of carbonyl (C=O) groups excluding carboxylic acids is 3. The van der Waals surface area contributed by atoms with Crippen molar-refractivity contribution in [1.29, 1.82) is 0 Å². The fourth-order valence-corrected chi connectivity index (χ4v) is 3.09. The molecule has 0 aliphatic heterocycles. The van der Waals surface area contributed by atoms with Crippen LogP contribution in [0.25, 0.3) is 0 Å². The van der Waals surface area contributed by atoms with Crippen LogP contribution in [0.15, 0.2) is 23.6 Å². The Labute approximate surface area is 156 Å². The lowest BCUT2D eigenvalue weighted by Crippen LogP contribution is -2.38. The Morgan fingerprint density at radius 3 is 2.62 bits per heavy atom. The Bertz CT molecular complexity index is 794. The molecule has 0 aliphatic rings. The highest BCUT2D eigenvalue weighted by molar-refractivity contribution is 7.09. The zero-order valence-corrected chi connectivity index (χ0v) is 16.2. The normalized spacial score (nSPS) is 10.5. The molecule has 2 heterocycles. The van der Waals surface area contributed by atoms with E-state index in [-0.39, 0.29) is 12.5 Å². The van der Waals surface area contributed by atoms with E-state index in [1.54, 1.807) is 31.5 Å². The SMILES string of the molecule is Cc1cc(C(=O)OCC(=O)NCC(=O)N(C)C)c(C)n1Cc1cccs1. The van der Waals surface area contributed by atoms with Crippen molar-refractivity contribution in [2.75, 3.05) is 27.2 Å². The minimum atomic E-state index is -0.551. The molecule has 0 bridgehead atoms. The highest BCUT2D eigenvalue weighted by Gasteiger charge is 2.18. The van der Waals surface area contributed by atoms with Crippen molar-refractivity contribution in [3.63, 3.8) is 0 Å². The summed E-state index contributed by atoms with van der Waals surface area (Å²) < 4.78 is 7.12. The van der Waals surface area contributed by atoms with Crippen LogP contribution in [0.3, 0.4) is 0 Å². The van der Waals surface area contributed by atoms with Crippen molar-refractivity contribution >= 4 is 29.1 Å². The van der Waals surface area contributed by atoms with Gasteiger partial charge in [-0.05, 0) is 31.4 Å². The van der Waals surface area contributed by atoms with Gasteiger partial charge in [0.2, 0.25) is 5.91 Å². The minimum Gasteiger partial charge on any atom is -0.452 e. The summed E-state index contributed by atoms with van der Waals surface area (Å²) in [6.07, 6.45) is 0. The predicted octanol–water partition coefficient (Wildman–Crippen LogP) is 1.58. The standard InChI is InChI=1S/C18H23N3O4S/c1-12-8-15(13(2)21(12)10-14-6-5-7-26-14)18(24)25-11-16(22)19-9-17(23)20(3)4/h5-8H,9-11H2,1-4H3,(H,19,22). The van der Waals surface area contributed by atoms with Gasteiger partial charge in [-0.3, -0.25) is 9.59 Å². The molecule has 2 rings (SSSR count). The van der Waals surface area contributed by atoms with E-state index in [4.69, 9.17) is 4.74 Å². The summed E-state index contributed by atoms with van der Waals surface area (Å²) >= 11 is 1.66. The van der Waals surface area contributed by atoms with Crippen molar-refractivity contribution in [1.82, 2.24) is 14.8 Å². The molecule has 140 valence electrons. The lowest BCUT2D eigenvalue weighted by molar-refractivity contribution is -0.131. The van der Waals surface area contributed by atoms with E-state index in [9.17, 15) is 14.4 Å². The monoisotopic (exact) mass is 377 g/mol. The first-order valence-electron chi connectivity index (χ1n) is 8.12. The van der Waals surface area contributed by atoms with Gasteiger partial charge in [0.25, 0.3) is 5.91 Å². The van der Waals surface area contributed by atoms with E-state index < -0.39 is 18.5 Å². The first kappa shape index (κ1) is 19.7. The van der Waals surface area contributed by atoms with Gasteiger partial charge >= 0.3 is 5.97 Å². The van der Waals surface area contributed by atoms with E-state index in [2.05, 4.69) is 5.32 Å². The molecule has 7 nitrogen and oxygen atoms in total. The van der Waals surface area contributed by atoms with Crippen molar-refractivity contribution < 1.29 is 19.1 Å². The maximum absolute atomic E-state index is 12.3. The fraction of sp³-hybridized carbons (Fsp3) is 0.389. The topological polar surface area (TPSA) is 80.6 Å². The summed E-state index contributed by atoms with van der Waals surface area (Å²) in [7, 11) is 3.20. The molecular weight excluding hydrogens is 354 g/mol. The summed E-state index contributed by atoms with van der Waals surface area (Å²) in [5, 5.41) is 4.43. The number of aryl methyl sites for hydroxylation is 1. The van der Waals surface area contributed by atoms with Gasteiger partial charge in [0, 0.05) is 30.4 Å². The molecule has 0 aromatic carbocycles. The number of nitrogens with one attached hydrogen (secondary N) is 1. The van der Waals surface area contributed by atoms with Gasteiger partial charge < -0.3 is 19.5 Å². The molecule has 0 unspecified atom stereocenters. The lowest BCUT2D eigenvalue weighted by atomic mass is 10.2. The van der Waals surface area contributed by atoms with Gasteiger partial charge in [0.15, 0.2) is 6.61 Å². The second-order valence-corrected chi connectivity index (χ2v) is 7.12. The number of ether oxygens (including phenoxy) is 1. The number of nitrogens with zero attached hydrogens (tertiary/aromatic N) is 2. The Morgan fingerprint density at radius 1 is 1.27 bits per heavy atom. The number of thiophene rings is 1. The fourth-order valence-electron chi connectivity index (χ4n) is 2.40. The van der Waals surface area contributed by atoms with E-state index >= 15 is 0 Å². The number of amides is 2. The molecule has 0 fully saturated rings. The minimum absolute atomic E-state index is 0.126. The summed E-state index contributed by atoms with van der Waals surface area (Å²) in [5.41, 5.74) is 2.18. The van der Waals surface area contributed by atoms with Crippen LogP contribution in [0, 0.1) is 13.8 Å². The van der Waals surface area contributed by atoms with Crippen LogP contribution in [0.4, 0.5) is 0 Å². The lowest BCUT2D eigenvalue weighted by Gasteiger charge is -2.11. The van der Waals surface area contributed by atoms with Gasteiger partial charge in [-0.1, -0.05) is 6.07 Å². The van der Waals surface area contributed by atoms with Gasteiger partial charge in [0.1, 0.15) is 0 Å². The number of carbonyl (C=O) groups is 3. The molecule has 0 atom stereocenters. The molecule has 0 aliphatic carbocycles. The highest BCUT2D eigenvalue weighted by atomic mass is 32.1. The summed E-state index contributed by atoms with van der Waals surface area (Å²) in [5.74, 6) is -1.30. The van der Waals surface area contributed by atoms with E-state index in [1.165, 1.54) is 9.78 Å². The summed E-state index contributed by atoms with van der Waals surface area (Å²) in [6.45, 7) is 3.92. The zero-order chi connectivity index (χ0) is 19.3. The molecular formula is C18H23N3O4S. The molecule has 0 saturated heterocycles. The first-order valence-corrected chi connectivity index (χ1v) is 9.00. The van der Waals surface area contributed by atoms with Crippen LogP contribution in [-0.2, 0) is 20.9 Å². The molecule has 1 N–H and O–H groups in total. The number of likely N-dealkylation sites (N-methyl/N-ethyl adjacent to an activating group) is 1. The van der Waals surface area contributed by atoms with Crippen molar-refractivity contribution in [2.24, 2.45) is 0 Å². The van der Waals surface area contributed by atoms with Crippen LogP contribution in [-0.4, -0.2) is 54.5 Å². The molecule has 2 aromatic rings. The molecule has 2 aromatic heterocycles. The van der Waals surface area contributed by atoms with Gasteiger partial charge in [-0.2, -0.15) is 0 Å². The van der Waals surface area contributed by atoms with Crippen LogP contribution in [0.1, 0.15) is 26.6 Å². The second-order valence-electron chi connectivity index (χ2n) is 6.09. The second kappa shape index (κ2) is 8.66. The van der Waals surface area contributed by atoms with E-state index in [0.717, 1.165) is 11.4 Å². The zero-order valence-electron chi connectivity index (χ0n) is 15.4. The van der Waals surface area contributed by atoms with Gasteiger partial charge in [-0.25, -0.2) is 4.79 Å². The largest absolute Gasteiger partial charge is 0.452 e. The first-order chi connectivity index (χ1) is 12.3. The van der Waals surface area contributed by atoms with E-state index in [1.807, 2.05) is 35.9 Å². The van der Waals surface area contributed by atoms with Gasteiger partial charge in [0.05, 0.1) is 18.7 Å². The van der Waals surface area contributed by atoms with Gasteiger partial charge in [-0.15, -0.1) is 11.3 Å². The third-order valence-electron chi connectivity index (χ3n) is 3.96. The Kier molecular flexibility index (Phi) is 6.57. The Hall–Kier alpha value is -2.61. The van der Waals surface area contributed by atoms with E-state index in [0.29, 0.717) is 12.1 Å². The average Bonchev–Trinajstić information content (AvgIpc) is 3.21. The predicted molar refractivity (Wildman–Crippen MR) is 99.3 cm³/mol. The van der Waals surface area contributed by atoms with Crippen molar-refractivity contribution in [2.45, 2.75) is 20.4 Å². The Balaban J connectivity index is 1.93. The maximum Gasteiger partial charge on any atom is 0.340 e. The molecule has 0 saturated carbocycles. The van der Waals surface area contributed by atoms with Crippen LogP contribution in [0.5, 0.6) is 0 Å². The molecule has 2 amide bonds. The molecule has 0 radical (unpaired) electrons. The summed E-state index contributed by atoms with van der Waals surface area (Å²) in [4.78, 5) is 38.0. The average molecular weight is 377 g/mol.